The molecule has 0 radical (unpaired) electrons. The predicted octanol–water partition coefficient (Wildman–Crippen LogP) is 2.57. The van der Waals surface area contributed by atoms with Crippen molar-refractivity contribution in [2.45, 2.75) is 20.1 Å². The molecule has 30 heavy (non-hydrogen) atoms. The summed E-state index contributed by atoms with van der Waals surface area (Å²) < 4.78 is 24.5. The Morgan fingerprint density at radius 2 is 1.83 bits per heavy atom. The van der Waals surface area contributed by atoms with Gasteiger partial charge < -0.3 is 19.0 Å². The van der Waals surface area contributed by atoms with E-state index in [0.717, 1.165) is 43.0 Å². The fraction of sp³-hybridized carbons (Fsp3) is 0.292. The number of benzene rings is 2. The highest BCUT2D eigenvalue weighted by Crippen LogP contribution is 2.15. The normalized spacial score (nSPS) is 14.7. The summed E-state index contributed by atoms with van der Waals surface area (Å²) in [7, 11) is 0. The van der Waals surface area contributed by atoms with Crippen LogP contribution >= 0.6 is 0 Å². The first-order valence-electron chi connectivity index (χ1n) is 10.2. The summed E-state index contributed by atoms with van der Waals surface area (Å²) in [6.45, 7) is 6.62. The van der Waals surface area contributed by atoms with Crippen LogP contribution in [0.25, 0.3) is 0 Å². The molecule has 1 aliphatic rings. The smallest absolute Gasteiger partial charge is 0.227 e. The quantitative estimate of drug-likeness (QED) is 0.680. The Morgan fingerprint density at radius 1 is 1.10 bits per heavy atom. The first kappa shape index (κ1) is 20.2. The summed E-state index contributed by atoms with van der Waals surface area (Å²) >= 11 is 0. The van der Waals surface area contributed by atoms with E-state index in [4.69, 9.17) is 9.15 Å². The number of aryl methyl sites for hydroxylation is 1. The number of rotatable bonds is 6. The van der Waals surface area contributed by atoms with Crippen molar-refractivity contribution in [3.05, 3.63) is 93.8 Å². The molecule has 0 amide bonds. The lowest BCUT2D eigenvalue weighted by Gasteiger charge is -2.33. The van der Waals surface area contributed by atoms with E-state index < -0.39 is 0 Å². The van der Waals surface area contributed by atoms with E-state index in [1.54, 1.807) is 0 Å². The van der Waals surface area contributed by atoms with Gasteiger partial charge in [-0.15, -0.1) is 0 Å². The highest BCUT2D eigenvalue weighted by atomic mass is 19.1. The number of nitrogens with one attached hydrogen (secondary N) is 1. The first-order valence-corrected chi connectivity index (χ1v) is 10.2. The largest absolute Gasteiger partial charge is 0.482 e. The Bertz CT molecular complexity index is 1040. The molecule has 2 heterocycles. The van der Waals surface area contributed by atoms with Crippen LogP contribution in [0.5, 0.6) is 5.75 Å². The number of halogens is 1. The van der Waals surface area contributed by atoms with E-state index in [9.17, 15) is 9.18 Å². The minimum absolute atomic E-state index is 0.158. The van der Waals surface area contributed by atoms with Crippen LogP contribution in [0.15, 0.2) is 70.1 Å². The molecular weight excluding hydrogens is 383 g/mol. The highest BCUT2D eigenvalue weighted by Gasteiger charge is 2.21. The second-order valence-corrected chi connectivity index (χ2v) is 7.68. The summed E-state index contributed by atoms with van der Waals surface area (Å²) in [4.78, 5) is 16.0. The third-order valence-corrected chi connectivity index (χ3v) is 5.58. The zero-order chi connectivity index (χ0) is 20.9. The molecule has 0 spiro atoms. The number of hydrogen-bond donors (Lipinski definition) is 1. The molecule has 1 aromatic heterocycles. The fourth-order valence-corrected chi connectivity index (χ4v) is 3.72. The fourth-order valence-electron chi connectivity index (χ4n) is 3.72. The average molecular weight is 409 g/mol. The molecule has 2 aromatic carbocycles. The van der Waals surface area contributed by atoms with Crippen LogP contribution in [0.3, 0.4) is 0 Å². The van der Waals surface area contributed by atoms with Gasteiger partial charge in [-0.25, -0.2) is 4.39 Å². The number of quaternary nitrogens is 1. The lowest BCUT2D eigenvalue weighted by molar-refractivity contribution is -0.915. The maximum absolute atomic E-state index is 13.1. The third kappa shape index (κ3) is 4.89. The summed E-state index contributed by atoms with van der Waals surface area (Å²) in [6.07, 6.45) is 1.42. The molecule has 0 aliphatic carbocycles. The van der Waals surface area contributed by atoms with E-state index in [2.05, 4.69) is 4.90 Å². The van der Waals surface area contributed by atoms with Crippen molar-refractivity contribution in [3.63, 3.8) is 0 Å². The number of anilines is 1. The van der Waals surface area contributed by atoms with Crippen molar-refractivity contribution in [2.24, 2.45) is 0 Å². The maximum atomic E-state index is 13.1. The molecule has 4 rings (SSSR count). The van der Waals surface area contributed by atoms with Gasteiger partial charge >= 0.3 is 0 Å². The van der Waals surface area contributed by atoms with E-state index in [1.165, 1.54) is 29.4 Å². The van der Waals surface area contributed by atoms with Crippen LogP contribution in [-0.2, 0) is 13.2 Å². The third-order valence-electron chi connectivity index (χ3n) is 5.58. The standard InChI is InChI=1S/C24H25FN2O3/c1-18-4-2-3-5-19(18)16-30-24-17-29-22(14-23(24)28)15-26-10-12-27(13-11-26)21-8-6-20(25)7-9-21/h2-9,14,17H,10-13,15-16H2,1H3/p+1. The molecule has 1 fully saturated rings. The zero-order valence-corrected chi connectivity index (χ0v) is 17.1. The van der Waals surface area contributed by atoms with Gasteiger partial charge in [0.05, 0.1) is 26.2 Å². The summed E-state index contributed by atoms with van der Waals surface area (Å²) in [5, 5.41) is 0. The minimum atomic E-state index is -0.218. The van der Waals surface area contributed by atoms with Gasteiger partial charge in [-0.3, -0.25) is 4.79 Å². The maximum Gasteiger partial charge on any atom is 0.227 e. The van der Waals surface area contributed by atoms with Crippen LogP contribution in [-0.4, -0.2) is 26.2 Å². The first-order chi connectivity index (χ1) is 14.6. The second kappa shape index (κ2) is 9.13. The zero-order valence-electron chi connectivity index (χ0n) is 17.1. The van der Waals surface area contributed by atoms with Gasteiger partial charge in [0.2, 0.25) is 11.2 Å². The summed E-state index contributed by atoms with van der Waals surface area (Å²) in [5.74, 6) is 0.677. The molecule has 156 valence electrons. The number of nitrogens with zero attached hydrogens (tertiary/aromatic N) is 1. The lowest BCUT2D eigenvalue weighted by Crippen LogP contribution is -3.13. The number of ether oxygens (including phenoxy) is 1. The molecule has 0 bridgehead atoms. The van der Waals surface area contributed by atoms with E-state index in [0.29, 0.717) is 18.9 Å². The second-order valence-electron chi connectivity index (χ2n) is 7.68. The van der Waals surface area contributed by atoms with E-state index >= 15 is 0 Å². The molecule has 1 N–H and O–H groups in total. The van der Waals surface area contributed by atoms with Crippen LogP contribution in [0, 0.1) is 12.7 Å². The van der Waals surface area contributed by atoms with Crippen molar-refractivity contribution >= 4 is 5.69 Å². The molecule has 5 nitrogen and oxygen atoms in total. The van der Waals surface area contributed by atoms with Crippen LogP contribution < -0.4 is 20.0 Å². The summed E-state index contributed by atoms with van der Waals surface area (Å²) in [5.41, 5.74) is 3.05. The SMILES string of the molecule is Cc1ccccc1COc1coc(C[NH+]2CCN(c3ccc(F)cc3)CC2)cc1=O. The van der Waals surface area contributed by atoms with Crippen LogP contribution in [0.4, 0.5) is 10.1 Å². The number of piperazine rings is 1. The van der Waals surface area contributed by atoms with Crippen molar-refractivity contribution in [3.8, 4) is 5.75 Å². The average Bonchev–Trinajstić information content (AvgIpc) is 2.75. The Morgan fingerprint density at radius 3 is 2.53 bits per heavy atom. The Labute approximate surface area is 175 Å². The van der Waals surface area contributed by atoms with Gasteiger partial charge in [-0.05, 0) is 42.3 Å². The van der Waals surface area contributed by atoms with Crippen LogP contribution in [0.1, 0.15) is 16.9 Å². The van der Waals surface area contributed by atoms with Crippen molar-refractivity contribution < 1.29 is 18.4 Å². The van der Waals surface area contributed by atoms with Gasteiger partial charge in [-0.2, -0.15) is 0 Å². The molecule has 1 saturated heterocycles. The molecule has 0 atom stereocenters. The Kier molecular flexibility index (Phi) is 6.14. The molecule has 1 aliphatic heterocycles. The van der Waals surface area contributed by atoms with Crippen molar-refractivity contribution in [1.29, 1.82) is 0 Å². The van der Waals surface area contributed by atoms with Crippen LogP contribution in [0.2, 0.25) is 0 Å². The summed E-state index contributed by atoms with van der Waals surface area (Å²) in [6, 6.07) is 16.1. The minimum Gasteiger partial charge on any atom is -0.482 e. The van der Waals surface area contributed by atoms with Crippen molar-refractivity contribution in [2.75, 3.05) is 31.1 Å². The predicted molar refractivity (Wildman–Crippen MR) is 114 cm³/mol. The number of hydrogen-bond acceptors (Lipinski definition) is 4. The van der Waals surface area contributed by atoms with Gasteiger partial charge in [0.1, 0.15) is 25.2 Å². The molecule has 0 saturated carbocycles. The Balaban J connectivity index is 1.31. The van der Waals surface area contributed by atoms with Gasteiger partial charge in [-0.1, -0.05) is 24.3 Å². The van der Waals surface area contributed by atoms with Gasteiger partial charge in [0.15, 0.2) is 5.76 Å². The molecule has 0 unspecified atom stereocenters. The highest BCUT2D eigenvalue weighted by molar-refractivity contribution is 5.46. The van der Waals surface area contributed by atoms with Crippen molar-refractivity contribution in [1.82, 2.24) is 0 Å². The van der Waals surface area contributed by atoms with Gasteiger partial charge in [0, 0.05) is 11.8 Å². The van der Waals surface area contributed by atoms with E-state index in [1.807, 2.05) is 43.3 Å². The Hall–Kier alpha value is -3.12. The molecule has 6 heteroatoms. The lowest BCUT2D eigenvalue weighted by atomic mass is 10.1. The molecular formula is C24H26FN2O3+. The van der Waals surface area contributed by atoms with Gasteiger partial charge in [0.25, 0.3) is 0 Å². The monoisotopic (exact) mass is 409 g/mol. The topological polar surface area (TPSA) is 47.1 Å². The van der Waals surface area contributed by atoms with E-state index in [-0.39, 0.29) is 17.0 Å². The molecule has 3 aromatic rings.